The lowest BCUT2D eigenvalue weighted by Gasteiger charge is -2.37. The Morgan fingerprint density at radius 1 is 1.00 bits per heavy atom. The van der Waals surface area contributed by atoms with Crippen LogP contribution in [0.3, 0.4) is 0 Å². The number of nitrogens with one attached hydrogen (secondary N) is 2. The molecule has 0 saturated heterocycles. The molecule has 0 unspecified atom stereocenters. The van der Waals surface area contributed by atoms with Gasteiger partial charge in [0.15, 0.2) is 5.16 Å². The van der Waals surface area contributed by atoms with E-state index in [9.17, 15) is 4.79 Å². The van der Waals surface area contributed by atoms with Crippen molar-refractivity contribution in [3.8, 4) is 0 Å². The van der Waals surface area contributed by atoms with Gasteiger partial charge in [-0.1, -0.05) is 25.1 Å². The maximum Gasteiger partial charge on any atom is 0.261 e. The lowest BCUT2D eigenvalue weighted by Crippen LogP contribution is -2.44. The van der Waals surface area contributed by atoms with Crippen molar-refractivity contribution in [3.63, 3.8) is 0 Å². The third-order valence-corrected chi connectivity index (χ3v) is 7.17. The molecule has 0 atom stereocenters. The number of nitrogens with zero attached hydrogens (tertiary/aromatic N) is 6. The first-order valence-corrected chi connectivity index (χ1v) is 12.7. The van der Waals surface area contributed by atoms with Crippen LogP contribution in [0.25, 0.3) is 5.78 Å². The number of carbonyl (C=O) groups excluding carboxylic acids is 1. The van der Waals surface area contributed by atoms with Crippen LogP contribution in [0, 0.1) is 5.92 Å². The highest BCUT2D eigenvalue weighted by Crippen LogP contribution is 2.37. The van der Waals surface area contributed by atoms with Crippen LogP contribution in [0.15, 0.2) is 5.16 Å². The Balaban J connectivity index is 1.47. The number of hydrogen-bond acceptors (Lipinski definition) is 8. The topological polar surface area (TPSA) is 100 Å². The number of hydrogen-bond donors (Lipinski definition) is 2. The first kappa shape index (κ1) is 22.1. The first-order valence-electron chi connectivity index (χ1n) is 11.7. The van der Waals surface area contributed by atoms with Crippen molar-refractivity contribution in [1.82, 2.24) is 29.5 Å². The summed E-state index contributed by atoms with van der Waals surface area (Å²) in [6, 6.07) is 0.844. The summed E-state index contributed by atoms with van der Waals surface area (Å²) in [4.78, 5) is 24.4. The predicted octanol–water partition coefficient (Wildman–Crippen LogP) is 3.43. The van der Waals surface area contributed by atoms with E-state index >= 15 is 0 Å². The Morgan fingerprint density at radius 2 is 1.68 bits per heavy atom. The van der Waals surface area contributed by atoms with Crippen LogP contribution in [-0.2, 0) is 4.79 Å². The van der Waals surface area contributed by atoms with Crippen LogP contribution >= 0.6 is 11.8 Å². The molecule has 2 aromatic rings. The van der Waals surface area contributed by atoms with Crippen LogP contribution in [0.2, 0.25) is 0 Å². The van der Waals surface area contributed by atoms with Gasteiger partial charge in [0.25, 0.3) is 5.78 Å². The minimum absolute atomic E-state index is 0.222. The third kappa shape index (κ3) is 5.05. The second-order valence-electron chi connectivity index (χ2n) is 8.45. The second kappa shape index (κ2) is 10.0. The molecule has 31 heavy (non-hydrogen) atoms. The molecule has 2 N–H and O–H groups in total. The van der Waals surface area contributed by atoms with E-state index in [1.165, 1.54) is 31.0 Å². The smallest absolute Gasteiger partial charge is 0.261 e. The van der Waals surface area contributed by atoms with Crippen molar-refractivity contribution in [2.45, 2.75) is 83.0 Å². The molecule has 0 radical (unpaired) electrons. The molecule has 1 amide bonds. The number of fused-ring (bicyclic) bond motifs is 1. The summed E-state index contributed by atoms with van der Waals surface area (Å²) in [5.74, 6) is 3.06. The van der Waals surface area contributed by atoms with E-state index in [4.69, 9.17) is 0 Å². The molecular weight excluding hydrogens is 412 g/mol. The standard InChI is InChI=1S/C21H34N8OS/c1-4-14-7-9-15(10-8-14)28(16-11-12-16)17(30)13-31-21-27-26-20-25-18(22-5-2)24-19(23-6-3)29(20)21/h14-16H,4-13H2,1-3H3,(H2,22,23,24,25,26). The molecule has 2 fully saturated rings. The van der Waals surface area contributed by atoms with Crippen molar-refractivity contribution >= 4 is 35.3 Å². The maximum absolute atomic E-state index is 13.2. The van der Waals surface area contributed by atoms with Crippen LogP contribution < -0.4 is 10.6 Å². The summed E-state index contributed by atoms with van der Waals surface area (Å²) in [7, 11) is 0. The molecule has 2 heterocycles. The fraction of sp³-hybridized carbons (Fsp3) is 0.762. The van der Waals surface area contributed by atoms with Crippen LogP contribution in [0.4, 0.5) is 11.9 Å². The van der Waals surface area contributed by atoms with E-state index < -0.39 is 0 Å². The SMILES string of the molecule is CCNc1nc(NCC)n2c(SCC(=O)N(C3CCC(CC)CC3)C3CC3)nnc2n1. The second-order valence-corrected chi connectivity index (χ2v) is 9.40. The average molecular weight is 447 g/mol. The zero-order valence-electron chi connectivity index (χ0n) is 18.8. The number of aromatic nitrogens is 5. The van der Waals surface area contributed by atoms with Crippen molar-refractivity contribution in [3.05, 3.63) is 0 Å². The van der Waals surface area contributed by atoms with Gasteiger partial charge in [-0.3, -0.25) is 4.79 Å². The molecule has 10 heteroatoms. The fourth-order valence-electron chi connectivity index (χ4n) is 4.49. The number of anilines is 2. The van der Waals surface area contributed by atoms with E-state index in [-0.39, 0.29) is 5.91 Å². The Labute approximate surface area is 188 Å². The predicted molar refractivity (Wildman–Crippen MR) is 124 cm³/mol. The van der Waals surface area contributed by atoms with Crippen LogP contribution in [0.5, 0.6) is 0 Å². The number of carbonyl (C=O) groups is 1. The van der Waals surface area contributed by atoms with E-state index in [1.54, 1.807) is 4.40 Å². The minimum Gasteiger partial charge on any atom is -0.355 e. The van der Waals surface area contributed by atoms with Gasteiger partial charge in [0, 0.05) is 25.2 Å². The van der Waals surface area contributed by atoms with E-state index in [1.807, 2.05) is 13.8 Å². The minimum atomic E-state index is 0.222. The highest BCUT2D eigenvalue weighted by Gasteiger charge is 2.38. The molecule has 0 aromatic carbocycles. The molecule has 2 aliphatic rings. The van der Waals surface area contributed by atoms with Gasteiger partial charge in [-0.2, -0.15) is 9.97 Å². The normalized spacial score (nSPS) is 21.3. The van der Waals surface area contributed by atoms with Gasteiger partial charge >= 0.3 is 0 Å². The number of rotatable bonds is 10. The molecule has 4 rings (SSSR count). The van der Waals surface area contributed by atoms with Gasteiger partial charge in [-0.15, -0.1) is 10.2 Å². The zero-order valence-corrected chi connectivity index (χ0v) is 19.6. The van der Waals surface area contributed by atoms with Gasteiger partial charge in [0.2, 0.25) is 17.8 Å². The zero-order chi connectivity index (χ0) is 21.8. The highest BCUT2D eigenvalue weighted by molar-refractivity contribution is 7.99. The van der Waals surface area contributed by atoms with E-state index in [2.05, 4.69) is 42.6 Å². The van der Waals surface area contributed by atoms with Gasteiger partial charge in [0.1, 0.15) is 0 Å². The van der Waals surface area contributed by atoms with E-state index in [0.717, 1.165) is 44.7 Å². The van der Waals surface area contributed by atoms with Crippen LogP contribution in [-0.4, -0.2) is 66.3 Å². The molecule has 170 valence electrons. The summed E-state index contributed by atoms with van der Waals surface area (Å²) < 4.78 is 1.80. The molecule has 9 nitrogen and oxygen atoms in total. The summed E-state index contributed by atoms with van der Waals surface area (Å²) >= 11 is 1.42. The van der Waals surface area contributed by atoms with E-state index in [0.29, 0.717) is 40.7 Å². The quantitative estimate of drug-likeness (QED) is 0.536. The number of thioether (sulfide) groups is 1. The molecule has 0 bridgehead atoms. The Morgan fingerprint density at radius 3 is 2.29 bits per heavy atom. The largest absolute Gasteiger partial charge is 0.355 e. The van der Waals surface area contributed by atoms with Crippen LogP contribution in [0.1, 0.15) is 65.7 Å². The first-order chi connectivity index (χ1) is 15.1. The molecule has 0 spiro atoms. The van der Waals surface area contributed by atoms with Crippen molar-refractivity contribution in [1.29, 1.82) is 0 Å². The fourth-order valence-corrected chi connectivity index (χ4v) is 5.29. The van der Waals surface area contributed by atoms with Crippen molar-refractivity contribution in [2.24, 2.45) is 5.92 Å². The Hall–Kier alpha value is -2.10. The maximum atomic E-state index is 13.2. The molecule has 2 aliphatic carbocycles. The summed E-state index contributed by atoms with van der Waals surface area (Å²) in [5.41, 5.74) is 0. The monoisotopic (exact) mass is 446 g/mol. The lowest BCUT2D eigenvalue weighted by molar-refractivity contribution is -0.132. The van der Waals surface area contributed by atoms with Gasteiger partial charge in [0.05, 0.1) is 5.75 Å². The number of amides is 1. The van der Waals surface area contributed by atoms with Gasteiger partial charge in [-0.25, -0.2) is 4.40 Å². The molecule has 2 aromatic heterocycles. The summed E-state index contributed by atoms with van der Waals surface area (Å²) in [5, 5.41) is 15.5. The van der Waals surface area contributed by atoms with Crippen molar-refractivity contribution < 1.29 is 4.79 Å². The molecule has 2 saturated carbocycles. The average Bonchev–Trinajstić information content (AvgIpc) is 3.52. The molecule has 0 aliphatic heterocycles. The van der Waals surface area contributed by atoms with Crippen molar-refractivity contribution in [2.75, 3.05) is 29.5 Å². The summed E-state index contributed by atoms with van der Waals surface area (Å²) in [6.07, 6.45) is 8.32. The third-order valence-electron chi connectivity index (χ3n) is 6.26. The highest BCUT2D eigenvalue weighted by atomic mass is 32.2. The molecular formula is C21H34N8OS. The lowest BCUT2D eigenvalue weighted by atomic mass is 9.84. The Kier molecular flexibility index (Phi) is 7.14. The Bertz CT molecular complexity index is 891. The summed E-state index contributed by atoms with van der Waals surface area (Å²) in [6.45, 7) is 7.73. The van der Waals surface area contributed by atoms with Gasteiger partial charge in [-0.05, 0) is 58.3 Å². The van der Waals surface area contributed by atoms with Gasteiger partial charge < -0.3 is 15.5 Å².